The summed E-state index contributed by atoms with van der Waals surface area (Å²) in [7, 11) is -4.06. The van der Waals surface area contributed by atoms with Crippen LogP contribution in [0.25, 0.3) is 11.1 Å². The minimum absolute atomic E-state index is 0.0601. The highest BCUT2D eigenvalue weighted by Crippen LogP contribution is 2.36. The lowest BCUT2D eigenvalue weighted by molar-refractivity contribution is -0.133. The molecule has 1 aliphatic rings. The highest BCUT2D eigenvalue weighted by atomic mass is 79.9. The van der Waals surface area contributed by atoms with Gasteiger partial charge in [-0.1, -0.05) is 28.1 Å². The molecule has 0 unspecified atom stereocenters. The number of ether oxygens (including phenoxy) is 1. The Labute approximate surface area is 157 Å². The molecule has 0 fully saturated rings. The van der Waals surface area contributed by atoms with Gasteiger partial charge < -0.3 is 4.74 Å². The summed E-state index contributed by atoms with van der Waals surface area (Å²) in [6, 6.07) is 7.03. The van der Waals surface area contributed by atoms with Crippen molar-refractivity contribution in [2.75, 3.05) is 12.9 Å². The summed E-state index contributed by atoms with van der Waals surface area (Å²) in [6.45, 7) is 1.72. The van der Waals surface area contributed by atoms with E-state index in [-0.39, 0.29) is 17.7 Å². The number of esters is 1. The average Bonchev–Trinajstić information content (AvgIpc) is 2.89. The van der Waals surface area contributed by atoms with Gasteiger partial charge in [-0.15, -0.1) is 0 Å². The molecule has 0 saturated heterocycles. The van der Waals surface area contributed by atoms with Gasteiger partial charge in [-0.05, 0) is 41.8 Å². The van der Waals surface area contributed by atoms with Crippen molar-refractivity contribution in [2.45, 2.75) is 11.8 Å². The first-order chi connectivity index (χ1) is 12.1. The maximum Gasteiger partial charge on any atom is 0.339 e. The second-order valence-electron chi connectivity index (χ2n) is 5.93. The van der Waals surface area contributed by atoms with Gasteiger partial charge in [0.25, 0.3) is 0 Å². The third-order valence-electron chi connectivity index (χ3n) is 4.03. The van der Waals surface area contributed by atoms with Gasteiger partial charge in [0.05, 0.1) is 5.57 Å². The van der Waals surface area contributed by atoms with Crippen molar-refractivity contribution >= 4 is 42.9 Å². The van der Waals surface area contributed by atoms with Crippen molar-refractivity contribution in [1.82, 2.24) is 0 Å². The molecular formula is C18H13BrF2O4S. The van der Waals surface area contributed by atoms with E-state index in [0.717, 1.165) is 28.4 Å². The molecule has 0 N–H and O–H groups in total. The van der Waals surface area contributed by atoms with E-state index >= 15 is 0 Å². The van der Waals surface area contributed by atoms with Crippen LogP contribution in [0.1, 0.15) is 16.7 Å². The maximum absolute atomic E-state index is 14.2. The van der Waals surface area contributed by atoms with Crippen LogP contribution in [0, 0.1) is 18.6 Å². The van der Waals surface area contributed by atoms with E-state index in [1.54, 1.807) is 18.2 Å². The molecule has 0 atom stereocenters. The van der Waals surface area contributed by atoms with Crippen LogP contribution in [0.4, 0.5) is 8.78 Å². The molecule has 0 spiro atoms. The molecule has 1 heterocycles. The first kappa shape index (κ1) is 18.7. The summed E-state index contributed by atoms with van der Waals surface area (Å²) in [5.41, 5.74) is 2.04. The van der Waals surface area contributed by atoms with Gasteiger partial charge in [0, 0.05) is 16.3 Å². The standard InChI is InChI=1S/C18H13BrF2O4S/c1-9-3-4-10(5-13(9)19)16-12(8-25-18(16)22)11-6-14(20)17(15(21)7-11)26(2,23)24/h3-7H,8H2,1-2H3. The molecular weight excluding hydrogens is 430 g/mol. The Morgan fingerprint density at radius 3 is 2.23 bits per heavy atom. The summed E-state index contributed by atoms with van der Waals surface area (Å²) < 4.78 is 57.3. The molecule has 4 nitrogen and oxygen atoms in total. The zero-order valence-corrected chi connectivity index (χ0v) is 16.2. The van der Waals surface area contributed by atoms with E-state index in [1.807, 2.05) is 6.92 Å². The van der Waals surface area contributed by atoms with E-state index in [2.05, 4.69) is 15.9 Å². The number of cyclic esters (lactones) is 1. The van der Waals surface area contributed by atoms with Crippen molar-refractivity contribution in [3.63, 3.8) is 0 Å². The number of hydrogen-bond acceptors (Lipinski definition) is 4. The van der Waals surface area contributed by atoms with Crippen LogP contribution in [0.15, 0.2) is 39.7 Å². The number of carbonyl (C=O) groups excluding carboxylic acids is 1. The van der Waals surface area contributed by atoms with Gasteiger partial charge >= 0.3 is 5.97 Å². The topological polar surface area (TPSA) is 60.4 Å². The van der Waals surface area contributed by atoms with Gasteiger partial charge in [0.15, 0.2) is 9.84 Å². The number of benzene rings is 2. The van der Waals surface area contributed by atoms with Crippen LogP contribution < -0.4 is 0 Å². The number of rotatable bonds is 3. The fourth-order valence-corrected chi connectivity index (χ4v) is 3.97. The number of aryl methyl sites for hydroxylation is 1. The molecule has 0 saturated carbocycles. The highest BCUT2D eigenvalue weighted by Gasteiger charge is 2.29. The largest absolute Gasteiger partial charge is 0.457 e. The zero-order chi connectivity index (χ0) is 19.2. The molecule has 8 heteroatoms. The Balaban J connectivity index is 2.22. The lowest BCUT2D eigenvalue weighted by Crippen LogP contribution is -2.06. The molecule has 2 aromatic rings. The van der Waals surface area contributed by atoms with Crippen LogP contribution in [0.2, 0.25) is 0 Å². The third kappa shape index (κ3) is 3.31. The predicted molar refractivity (Wildman–Crippen MR) is 96.1 cm³/mol. The SMILES string of the molecule is Cc1ccc(C2=C(c3cc(F)c(S(C)(=O)=O)c(F)c3)COC2=O)cc1Br. The maximum atomic E-state index is 14.2. The van der Waals surface area contributed by atoms with Crippen LogP contribution in [-0.4, -0.2) is 27.2 Å². The van der Waals surface area contributed by atoms with Crippen LogP contribution in [0.5, 0.6) is 0 Å². The number of hydrogen-bond donors (Lipinski definition) is 0. The van der Waals surface area contributed by atoms with E-state index in [9.17, 15) is 22.0 Å². The molecule has 0 radical (unpaired) electrons. The molecule has 1 aliphatic heterocycles. The third-order valence-corrected chi connectivity index (χ3v) is 6.02. The van der Waals surface area contributed by atoms with Gasteiger partial charge in [-0.25, -0.2) is 22.0 Å². The monoisotopic (exact) mass is 442 g/mol. The first-order valence-corrected chi connectivity index (χ1v) is 10.1. The molecule has 136 valence electrons. The van der Waals surface area contributed by atoms with E-state index in [0.29, 0.717) is 11.1 Å². The minimum Gasteiger partial charge on any atom is -0.457 e. The molecule has 0 amide bonds. The summed E-state index contributed by atoms with van der Waals surface area (Å²) in [5, 5.41) is 0. The summed E-state index contributed by atoms with van der Waals surface area (Å²) in [4.78, 5) is 11.2. The molecule has 0 aliphatic carbocycles. The van der Waals surface area contributed by atoms with Crippen molar-refractivity contribution in [2.24, 2.45) is 0 Å². The lowest BCUT2D eigenvalue weighted by atomic mass is 9.96. The molecule has 0 bridgehead atoms. The van der Waals surface area contributed by atoms with E-state index in [1.165, 1.54) is 0 Å². The van der Waals surface area contributed by atoms with Crippen molar-refractivity contribution in [1.29, 1.82) is 0 Å². The summed E-state index contributed by atoms with van der Waals surface area (Å²) in [5.74, 6) is -3.03. The van der Waals surface area contributed by atoms with Gasteiger partial charge in [0.1, 0.15) is 23.1 Å². The molecule has 26 heavy (non-hydrogen) atoms. The second kappa shape index (κ2) is 6.59. The Bertz CT molecular complexity index is 1050. The van der Waals surface area contributed by atoms with Crippen LogP contribution in [0.3, 0.4) is 0 Å². The fourth-order valence-electron chi connectivity index (χ4n) is 2.76. The minimum atomic E-state index is -4.06. The number of sulfone groups is 1. The Kier molecular flexibility index (Phi) is 4.74. The Morgan fingerprint density at radius 2 is 1.69 bits per heavy atom. The Hall–Kier alpha value is -2.06. The van der Waals surface area contributed by atoms with Crippen molar-refractivity contribution in [3.8, 4) is 0 Å². The van der Waals surface area contributed by atoms with Crippen LogP contribution in [-0.2, 0) is 19.4 Å². The molecule has 0 aromatic heterocycles. The van der Waals surface area contributed by atoms with Crippen molar-refractivity contribution < 1.29 is 26.7 Å². The normalized spacial score (nSPS) is 14.7. The average molecular weight is 443 g/mol. The molecule has 2 aromatic carbocycles. The fraction of sp³-hybridized carbons (Fsp3) is 0.167. The summed E-state index contributed by atoms with van der Waals surface area (Å²) >= 11 is 3.38. The van der Waals surface area contributed by atoms with Gasteiger partial charge in [-0.2, -0.15) is 0 Å². The van der Waals surface area contributed by atoms with Gasteiger partial charge in [0.2, 0.25) is 0 Å². The number of carbonyl (C=O) groups is 1. The quantitative estimate of drug-likeness (QED) is 0.676. The Morgan fingerprint density at radius 1 is 1.08 bits per heavy atom. The zero-order valence-electron chi connectivity index (χ0n) is 13.8. The van der Waals surface area contributed by atoms with Crippen molar-refractivity contribution in [3.05, 3.63) is 63.1 Å². The van der Waals surface area contributed by atoms with Gasteiger partial charge in [-0.3, -0.25) is 0 Å². The van der Waals surface area contributed by atoms with Crippen LogP contribution >= 0.6 is 15.9 Å². The first-order valence-electron chi connectivity index (χ1n) is 7.46. The molecule has 3 rings (SSSR count). The van der Waals surface area contributed by atoms with E-state index < -0.39 is 32.3 Å². The smallest absolute Gasteiger partial charge is 0.339 e. The second-order valence-corrected chi connectivity index (χ2v) is 8.74. The lowest BCUT2D eigenvalue weighted by Gasteiger charge is -2.09. The van der Waals surface area contributed by atoms with E-state index in [4.69, 9.17) is 4.74 Å². The number of halogens is 3. The highest BCUT2D eigenvalue weighted by molar-refractivity contribution is 9.10. The summed E-state index contributed by atoms with van der Waals surface area (Å²) in [6.07, 6.45) is 0.727. The predicted octanol–water partition coefficient (Wildman–Crippen LogP) is 3.91.